The zero-order valence-corrected chi connectivity index (χ0v) is 18.7. The number of hydrogen-bond donors (Lipinski definition) is 0. The molecule has 0 unspecified atom stereocenters. The molecule has 1 aromatic heterocycles. The van der Waals surface area contributed by atoms with Gasteiger partial charge < -0.3 is 23.6 Å². The number of hydrogen-bond acceptors (Lipinski definition) is 6. The van der Waals surface area contributed by atoms with Gasteiger partial charge in [-0.15, -0.1) is 0 Å². The number of halogens is 1. The van der Waals surface area contributed by atoms with Gasteiger partial charge in [0.2, 0.25) is 5.75 Å². The second kappa shape index (κ2) is 10.2. The maximum Gasteiger partial charge on any atom is 0.254 e. The molecule has 31 heavy (non-hydrogen) atoms. The normalized spacial score (nSPS) is 10.6. The number of ether oxygens (including phenoxy) is 3. The lowest BCUT2D eigenvalue weighted by atomic mass is 10.1. The highest BCUT2D eigenvalue weighted by atomic mass is 35.5. The summed E-state index contributed by atoms with van der Waals surface area (Å²) in [5, 5.41) is 4.74. The fraction of sp³-hybridized carbons (Fsp3) is 0.304. The fourth-order valence-corrected chi connectivity index (χ4v) is 3.36. The third-order valence-electron chi connectivity index (χ3n) is 4.73. The van der Waals surface area contributed by atoms with Gasteiger partial charge in [-0.3, -0.25) is 4.79 Å². The summed E-state index contributed by atoms with van der Waals surface area (Å²) in [6.07, 6.45) is 0.816. The van der Waals surface area contributed by atoms with E-state index in [9.17, 15) is 4.79 Å². The number of amides is 1. The minimum absolute atomic E-state index is 0.0872. The molecule has 0 aliphatic carbocycles. The van der Waals surface area contributed by atoms with Gasteiger partial charge in [0.1, 0.15) is 5.69 Å². The van der Waals surface area contributed by atoms with Crippen LogP contribution >= 0.6 is 11.6 Å². The Morgan fingerprint density at radius 3 is 2.23 bits per heavy atom. The van der Waals surface area contributed by atoms with Crippen LogP contribution in [0.15, 0.2) is 47.0 Å². The number of carbonyl (C=O) groups excluding carboxylic acids is 1. The van der Waals surface area contributed by atoms with Crippen molar-refractivity contribution >= 4 is 17.5 Å². The Morgan fingerprint density at radius 2 is 1.68 bits per heavy atom. The van der Waals surface area contributed by atoms with E-state index in [0.717, 1.165) is 12.0 Å². The van der Waals surface area contributed by atoms with Gasteiger partial charge in [-0.05, 0) is 42.8 Å². The summed E-state index contributed by atoms with van der Waals surface area (Å²) in [6.45, 7) is 2.93. The molecular weight excluding hydrogens is 420 g/mol. The Kier molecular flexibility index (Phi) is 7.41. The largest absolute Gasteiger partial charge is 0.493 e. The molecule has 2 aromatic carbocycles. The topological polar surface area (TPSA) is 74.0 Å². The molecule has 7 nitrogen and oxygen atoms in total. The maximum atomic E-state index is 12.9. The molecule has 0 aliphatic heterocycles. The lowest BCUT2D eigenvalue weighted by Gasteiger charge is -2.21. The third kappa shape index (κ3) is 5.11. The summed E-state index contributed by atoms with van der Waals surface area (Å²) in [7, 11) is 4.66. The lowest BCUT2D eigenvalue weighted by molar-refractivity contribution is 0.0739. The van der Waals surface area contributed by atoms with Crippen molar-refractivity contribution < 1.29 is 23.5 Å². The Hall–Kier alpha value is -3.19. The van der Waals surface area contributed by atoms with Gasteiger partial charge in [-0.25, -0.2) is 0 Å². The second-order valence-corrected chi connectivity index (χ2v) is 7.27. The molecule has 3 aromatic rings. The highest BCUT2D eigenvalue weighted by Crippen LogP contribution is 2.41. The van der Waals surface area contributed by atoms with Crippen LogP contribution in [-0.2, 0) is 6.54 Å². The maximum absolute atomic E-state index is 12.9. The molecule has 0 saturated carbocycles. The summed E-state index contributed by atoms with van der Waals surface area (Å²) in [5.74, 6) is 1.97. The van der Waals surface area contributed by atoms with Crippen molar-refractivity contribution in [1.29, 1.82) is 0 Å². The van der Waals surface area contributed by atoms with Crippen LogP contribution in [0.2, 0.25) is 5.02 Å². The van der Waals surface area contributed by atoms with E-state index in [-0.39, 0.29) is 5.91 Å². The van der Waals surface area contributed by atoms with Crippen LogP contribution in [0.4, 0.5) is 0 Å². The summed E-state index contributed by atoms with van der Waals surface area (Å²) >= 11 is 5.94. The molecule has 0 saturated heterocycles. The van der Waals surface area contributed by atoms with Crippen molar-refractivity contribution in [2.75, 3.05) is 27.9 Å². The van der Waals surface area contributed by atoms with Crippen molar-refractivity contribution in [2.45, 2.75) is 19.9 Å². The SMILES string of the molecule is CCCN(Cc1cc(-c2cc(OC)c(OC)c(OC)c2)on1)C(=O)c1ccc(Cl)cc1. The predicted octanol–water partition coefficient (Wildman–Crippen LogP) is 5.07. The summed E-state index contributed by atoms with van der Waals surface area (Å²) in [4.78, 5) is 14.7. The molecule has 3 rings (SSSR count). The molecule has 1 amide bonds. The van der Waals surface area contributed by atoms with E-state index in [1.807, 2.05) is 6.92 Å². The average molecular weight is 445 g/mol. The molecule has 0 N–H and O–H groups in total. The first-order chi connectivity index (χ1) is 15.0. The molecule has 0 aliphatic rings. The minimum Gasteiger partial charge on any atom is -0.493 e. The van der Waals surface area contributed by atoms with E-state index < -0.39 is 0 Å². The van der Waals surface area contributed by atoms with Crippen molar-refractivity contribution in [1.82, 2.24) is 10.1 Å². The van der Waals surface area contributed by atoms with Crippen LogP contribution in [-0.4, -0.2) is 43.8 Å². The van der Waals surface area contributed by atoms with Gasteiger partial charge in [-0.2, -0.15) is 0 Å². The van der Waals surface area contributed by atoms with Crippen LogP contribution in [0, 0.1) is 0 Å². The zero-order valence-electron chi connectivity index (χ0n) is 18.0. The summed E-state index contributed by atoms with van der Waals surface area (Å²) in [5.41, 5.74) is 1.94. The van der Waals surface area contributed by atoms with Crippen molar-refractivity contribution in [2.24, 2.45) is 0 Å². The zero-order chi connectivity index (χ0) is 22.4. The van der Waals surface area contributed by atoms with E-state index in [1.54, 1.807) is 68.7 Å². The Labute approximate surface area is 186 Å². The molecular formula is C23H25ClN2O5. The first kappa shape index (κ1) is 22.5. The quantitative estimate of drug-likeness (QED) is 0.458. The van der Waals surface area contributed by atoms with E-state index in [4.69, 9.17) is 30.3 Å². The van der Waals surface area contributed by atoms with Gasteiger partial charge in [0.15, 0.2) is 17.3 Å². The smallest absolute Gasteiger partial charge is 0.254 e. The number of rotatable bonds is 9. The Morgan fingerprint density at radius 1 is 1.03 bits per heavy atom. The highest BCUT2D eigenvalue weighted by Gasteiger charge is 2.20. The van der Waals surface area contributed by atoms with Crippen LogP contribution in [0.25, 0.3) is 11.3 Å². The molecule has 0 fully saturated rings. The van der Waals surface area contributed by atoms with Crippen molar-refractivity contribution in [3.63, 3.8) is 0 Å². The van der Waals surface area contributed by atoms with Gasteiger partial charge in [-0.1, -0.05) is 23.7 Å². The number of methoxy groups -OCH3 is 3. The predicted molar refractivity (Wildman–Crippen MR) is 118 cm³/mol. The monoisotopic (exact) mass is 444 g/mol. The van der Waals surface area contributed by atoms with E-state index in [0.29, 0.717) is 52.4 Å². The van der Waals surface area contributed by atoms with Crippen LogP contribution in [0.3, 0.4) is 0 Å². The van der Waals surface area contributed by atoms with E-state index >= 15 is 0 Å². The molecule has 0 atom stereocenters. The first-order valence-corrected chi connectivity index (χ1v) is 10.2. The van der Waals surface area contributed by atoms with Gasteiger partial charge in [0, 0.05) is 28.8 Å². The average Bonchev–Trinajstić information content (AvgIpc) is 3.26. The summed E-state index contributed by atoms with van der Waals surface area (Å²) in [6, 6.07) is 12.2. The number of nitrogens with zero attached hydrogens (tertiary/aromatic N) is 2. The van der Waals surface area contributed by atoms with Gasteiger partial charge >= 0.3 is 0 Å². The fourth-order valence-electron chi connectivity index (χ4n) is 3.24. The number of benzene rings is 2. The van der Waals surface area contributed by atoms with E-state index in [1.165, 1.54) is 0 Å². The summed E-state index contributed by atoms with van der Waals surface area (Å²) < 4.78 is 21.7. The number of aromatic nitrogens is 1. The molecule has 0 radical (unpaired) electrons. The second-order valence-electron chi connectivity index (χ2n) is 6.83. The van der Waals surface area contributed by atoms with Gasteiger partial charge in [0.05, 0.1) is 27.9 Å². The first-order valence-electron chi connectivity index (χ1n) is 9.81. The van der Waals surface area contributed by atoms with Crippen molar-refractivity contribution in [3.8, 4) is 28.6 Å². The molecule has 1 heterocycles. The molecule has 0 bridgehead atoms. The van der Waals surface area contributed by atoms with Crippen LogP contribution < -0.4 is 14.2 Å². The Balaban J connectivity index is 1.85. The highest BCUT2D eigenvalue weighted by molar-refractivity contribution is 6.30. The molecule has 164 valence electrons. The van der Waals surface area contributed by atoms with Gasteiger partial charge in [0.25, 0.3) is 5.91 Å². The van der Waals surface area contributed by atoms with E-state index in [2.05, 4.69) is 5.16 Å². The number of carbonyl (C=O) groups is 1. The molecule has 0 spiro atoms. The Bertz CT molecular complexity index is 1010. The third-order valence-corrected chi connectivity index (χ3v) is 4.98. The van der Waals surface area contributed by atoms with Crippen LogP contribution in [0.5, 0.6) is 17.2 Å². The molecule has 8 heteroatoms. The van der Waals surface area contributed by atoms with Crippen LogP contribution in [0.1, 0.15) is 29.4 Å². The standard InChI is InChI=1S/C23H25ClN2O5/c1-5-10-26(23(27)15-6-8-17(24)9-7-15)14-18-13-19(31-25-18)16-11-20(28-2)22(30-4)21(12-16)29-3/h6-9,11-13H,5,10,14H2,1-4H3. The van der Waals surface area contributed by atoms with Crippen molar-refractivity contribution in [3.05, 3.63) is 58.7 Å². The minimum atomic E-state index is -0.0872. The lowest BCUT2D eigenvalue weighted by Crippen LogP contribution is -2.31.